The van der Waals surface area contributed by atoms with Crippen molar-refractivity contribution in [2.45, 2.75) is 19.1 Å². The van der Waals surface area contributed by atoms with E-state index >= 15 is 0 Å². The van der Waals surface area contributed by atoms with Crippen LogP contribution in [0.1, 0.15) is 27.0 Å². The number of carbonyl (C=O) groups is 1. The normalized spacial score (nSPS) is 12.9. The molecule has 154 valence electrons. The van der Waals surface area contributed by atoms with Crippen molar-refractivity contribution >= 4 is 11.7 Å². The van der Waals surface area contributed by atoms with E-state index in [-0.39, 0.29) is 16.7 Å². The number of hydrogen-bond acceptors (Lipinski definition) is 4. The largest absolute Gasteiger partial charge is 0.493 e. The summed E-state index contributed by atoms with van der Waals surface area (Å²) in [6, 6.07) is 12.2. The van der Waals surface area contributed by atoms with Crippen LogP contribution in [-0.4, -0.2) is 17.5 Å². The number of hydrogen-bond donors (Lipinski definition) is 2. The van der Waals surface area contributed by atoms with Crippen molar-refractivity contribution in [2.24, 2.45) is 5.73 Å². The van der Waals surface area contributed by atoms with Crippen LogP contribution < -0.4 is 15.8 Å². The van der Waals surface area contributed by atoms with E-state index in [4.69, 9.17) is 10.5 Å². The molecule has 0 saturated carbocycles. The van der Waals surface area contributed by atoms with Crippen molar-refractivity contribution < 1.29 is 22.7 Å². The number of fused-ring (bicyclic) bond motifs is 1. The van der Waals surface area contributed by atoms with Crippen molar-refractivity contribution in [3.05, 3.63) is 77.0 Å². The van der Waals surface area contributed by atoms with E-state index in [1.807, 2.05) is 18.2 Å². The van der Waals surface area contributed by atoms with E-state index in [0.717, 1.165) is 29.4 Å². The first-order valence-electron chi connectivity index (χ1n) is 9.28. The van der Waals surface area contributed by atoms with Crippen LogP contribution in [0, 0.1) is 0 Å². The number of halogens is 3. The summed E-state index contributed by atoms with van der Waals surface area (Å²) < 4.78 is 46.5. The van der Waals surface area contributed by atoms with Crippen molar-refractivity contribution in [2.75, 3.05) is 11.9 Å². The van der Waals surface area contributed by atoms with Crippen LogP contribution in [0.4, 0.5) is 19.0 Å². The van der Waals surface area contributed by atoms with Gasteiger partial charge in [0.25, 0.3) is 0 Å². The second-order valence-corrected chi connectivity index (χ2v) is 6.92. The topological polar surface area (TPSA) is 77.2 Å². The molecular formula is C22H18F3N3O2. The molecule has 30 heavy (non-hydrogen) atoms. The minimum absolute atomic E-state index is 0.0783. The fourth-order valence-electron chi connectivity index (χ4n) is 3.47. The van der Waals surface area contributed by atoms with Gasteiger partial charge in [0.2, 0.25) is 5.91 Å². The van der Waals surface area contributed by atoms with E-state index in [1.165, 1.54) is 18.3 Å². The SMILES string of the molecule is NC(=O)c1ccc(-c2cccnc2NCc2ccc3c(c2)CCO3)c(C(F)(F)F)c1. The van der Waals surface area contributed by atoms with Gasteiger partial charge in [-0.2, -0.15) is 13.2 Å². The Hall–Kier alpha value is -3.55. The summed E-state index contributed by atoms with van der Waals surface area (Å²) in [5, 5.41) is 3.12. The summed E-state index contributed by atoms with van der Waals surface area (Å²) in [5.74, 6) is 0.255. The third kappa shape index (κ3) is 3.94. The highest BCUT2D eigenvalue weighted by Gasteiger charge is 2.35. The monoisotopic (exact) mass is 413 g/mol. The van der Waals surface area contributed by atoms with Crippen LogP contribution in [0.2, 0.25) is 0 Å². The minimum Gasteiger partial charge on any atom is -0.493 e. The average molecular weight is 413 g/mol. The maximum atomic E-state index is 13.7. The summed E-state index contributed by atoms with van der Waals surface area (Å²) in [7, 11) is 0. The van der Waals surface area contributed by atoms with Gasteiger partial charge in [-0.3, -0.25) is 4.79 Å². The standard InChI is InChI=1S/C22H18F3N3O2/c23-22(24,25)18-11-15(20(26)29)4-5-16(18)17-2-1-8-27-21(17)28-12-13-3-6-19-14(10-13)7-9-30-19/h1-6,8,10-11H,7,9,12H2,(H2,26,29)(H,27,28). The van der Waals surface area contributed by atoms with E-state index in [0.29, 0.717) is 19.0 Å². The van der Waals surface area contributed by atoms with E-state index < -0.39 is 17.6 Å². The molecular weight excluding hydrogens is 395 g/mol. The number of ether oxygens (including phenoxy) is 1. The fraction of sp³-hybridized carbons (Fsp3) is 0.182. The lowest BCUT2D eigenvalue weighted by atomic mass is 9.97. The molecule has 1 amide bonds. The lowest BCUT2D eigenvalue weighted by Gasteiger charge is -2.17. The van der Waals surface area contributed by atoms with E-state index in [2.05, 4.69) is 10.3 Å². The van der Waals surface area contributed by atoms with Crippen molar-refractivity contribution in [3.63, 3.8) is 0 Å². The fourth-order valence-corrected chi connectivity index (χ4v) is 3.47. The average Bonchev–Trinajstić information content (AvgIpc) is 3.19. The Morgan fingerprint density at radius 2 is 1.97 bits per heavy atom. The molecule has 0 bridgehead atoms. The molecule has 0 aliphatic carbocycles. The van der Waals surface area contributed by atoms with Gasteiger partial charge in [-0.1, -0.05) is 18.2 Å². The number of rotatable bonds is 5. The highest BCUT2D eigenvalue weighted by Crippen LogP contribution is 2.39. The number of nitrogens with one attached hydrogen (secondary N) is 1. The number of alkyl halides is 3. The summed E-state index contributed by atoms with van der Waals surface area (Å²) in [6.07, 6.45) is -2.32. The molecule has 1 aliphatic heterocycles. The number of anilines is 1. The quantitative estimate of drug-likeness (QED) is 0.650. The van der Waals surface area contributed by atoms with Crippen LogP contribution >= 0.6 is 0 Å². The first-order chi connectivity index (χ1) is 14.3. The molecule has 3 N–H and O–H groups in total. The summed E-state index contributed by atoms with van der Waals surface area (Å²) in [4.78, 5) is 15.6. The molecule has 2 aromatic carbocycles. The predicted octanol–water partition coefficient (Wildman–Crippen LogP) is 4.41. The highest BCUT2D eigenvalue weighted by atomic mass is 19.4. The lowest BCUT2D eigenvalue weighted by molar-refractivity contribution is -0.137. The van der Waals surface area contributed by atoms with E-state index in [9.17, 15) is 18.0 Å². The third-order valence-corrected chi connectivity index (χ3v) is 4.92. The number of aromatic nitrogens is 1. The first-order valence-corrected chi connectivity index (χ1v) is 9.28. The second kappa shape index (κ2) is 7.70. The Balaban J connectivity index is 1.67. The molecule has 1 aliphatic rings. The lowest BCUT2D eigenvalue weighted by Crippen LogP contribution is -2.15. The molecule has 8 heteroatoms. The van der Waals surface area contributed by atoms with Crippen LogP contribution in [0.15, 0.2) is 54.7 Å². The number of benzene rings is 2. The molecule has 5 nitrogen and oxygen atoms in total. The van der Waals surface area contributed by atoms with Crippen LogP contribution in [0.3, 0.4) is 0 Å². The Labute approximate surface area is 170 Å². The number of nitrogens with two attached hydrogens (primary N) is 1. The van der Waals surface area contributed by atoms with Crippen molar-refractivity contribution in [1.82, 2.24) is 4.98 Å². The van der Waals surface area contributed by atoms with Gasteiger partial charge in [-0.05, 0) is 47.0 Å². The summed E-state index contributed by atoms with van der Waals surface area (Å²) in [5.41, 5.74) is 6.29. The molecule has 0 radical (unpaired) electrons. The zero-order chi connectivity index (χ0) is 21.3. The van der Waals surface area contributed by atoms with Gasteiger partial charge in [0, 0.05) is 30.3 Å². The number of carbonyl (C=O) groups excluding carboxylic acids is 1. The van der Waals surface area contributed by atoms with Gasteiger partial charge < -0.3 is 15.8 Å². The first kappa shape index (κ1) is 19.8. The third-order valence-electron chi connectivity index (χ3n) is 4.92. The molecule has 0 saturated heterocycles. The summed E-state index contributed by atoms with van der Waals surface area (Å²) >= 11 is 0. The zero-order valence-electron chi connectivity index (χ0n) is 15.8. The van der Waals surface area contributed by atoms with Crippen LogP contribution in [0.25, 0.3) is 11.1 Å². The Kier molecular flexibility index (Phi) is 5.07. The van der Waals surface area contributed by atoms with E-state index in [1.54, 1.807) is 12.1 Å². The Morgan fingerprint density at radius 3 is 2.73 bits per heavy atom. The molecule has 3 aromatic rings. The zero-order valence-corrected chi connectivity index (χ0v) is 15.8. The van der Waals surface area contributed by atoms with Gasteiger partial charge in [0.1, 0.15) is 11.6 Å². The van der Waals surface area contributed by atoms with Gasteiger partial charge in [-0.25, -0.2) is 4.98 Å². The van der Waals surface area contributed by atoms with Gasteiger partial charge >= 0.3 is 6.18 Å². The van der Waals surface area contributed by atoms with Gasteiger partial charge in [0.05, 0.1) is 12.2 Å². The minimum atomic E-state index is -4.66. The van der Waals surface area contributed by atoms with Gasteiger partial charge in [0.15, 0.2) is 0 Å². The number of primary amides is 1. The smallest absolute Gasteiger partial charge is 0.417 e. The molecule has 0 atom stereocenters. The van der Waals surface area contributed by atoms with Gasteiger partial charge in [-0.15, -0.1) is 0 Å². The van der Waals surface area contributed by atoms with Crippen LogP contribution in [-0.2, 0) is 19.1 Å². The predicted molar refractivity (Wildman–Crippen MR) is 106 cm³/mol. The number of amides is 1. The van der Waals surface area contributed by atoms with Crippen molar-refractivity contribution in [3.8, 4) is 16.9 Å². The maximum absolute atomic E-state index is 13.7. The number of nitrogens with zero attached hydrogens (tertiary/aromatic N) is 1. The number of pyridine rings is 1. The Morgan fingerprint density at radius 1 is 1.13 bits per heavy atom. The van der Waals surface area contributed by atoms with Crippen molar-refractivity contribution in [1.29, 1.82) is 0 Å². The summed E-state index contributed by atoms with van der Waals surface area (Å²) in [6.45, 7) is 1.04. The molecule has 4 rings (SSSR count). The van der Waals surface area contributed by atoms with Crippen LogP contribution in [0.5, 0.6) is 5.75 Å². The molecule has 2 heterocycles. The molecule has 1 aromatic heterocycles. The second-order valence-electron chi connectivity index (χ2n) is 6.92. The maximum Gasteiger partial charge on any atom is 0.417 e. The molecule has 0 fully saturated rings. The highest BCUT2D eigenvalue weighted by molar-refractivity contribution is 5.94. The molecule has 0 unspecified atom stereocenters. The Bertz CT molecular complexity index is 1110. The molecule has 0 spiro atoms.